The van der Waals surface area contributed by atoms with Crippen molar-refractivity contribution in [1.82, 2.24) is 9.80 Å². The summed E-state index contributed by atoms with van der Waals surface area (Å²) < 4.78 is 0. The molecule has 0 bridgehead atoms. The van der Waals surface area contributed by atoms with Gasteiger partial charge in [0.15, 0.2) is 0 Å². The third-order valence-electron chi connectivity index (χ3n) is 3.99. The van der Waals surface area contributed by atoms with E-state index < -0.39 is 0 Å². The summed E-state index contributed by atoms with van der Waals surface area (Å²) in [4.78, 5) is 28.1. The van der Waals surface area contributed by atoms with Crippen molar-refractivity contribution in [2.75, 3.05) is 19.6 Å². The summed E-state index contributed by atoms with van der Waals surface area (Å²) in [5, 5.41) is 0. The lowest BCUT2D eigenvalue weighted by Gasteiger charge is -2.38. The van der Waals surface area contributed by atoms with Crippen LogP contribution in [0.3, 0.4) is 0 Å². The molecule has 1 fully saturated rings. The van der Waals surface area contributed by atoms with E-state index in [-0.39, 0.29) is 24.4 Å². The molecule has 22 heavy (non-hydrogen) atoms. The molecule has 0 saturated carbocycles. The van der Waals surface area contributed by atoms with E-state index in [0.717, 1.165) is 12.0 Å². The summed E-state index contributed by atoms with van der Waals surface area (Å²) in [5.74, 6) is 0.0651. The van der Waals surface area contributed by atoms with Crippen LogP contribution < -0.4 is 0 Å². The van der Waals surface area contributed by atoms with Crippen LogP contribution in [0.25, 0.3) is 0 Å². The molecule has 1 aromatic carbocycles. The van der Waals surface area contributed by atoms with Gasteiger partial charge >= 0.3 is 0 Å². The van der Waals surface area contributed by atoms with Crippen molar-refractivity contribution in [3.8, 4) is 0 Å². The highest BCUT2D eigenvalue weighted by atomic mass is 16.2. The fourth-order valence-corrected chi connectivity index (χ4v) is 2.58. The number of nitrogens with zero attached hydrogens (tertiary/aromatic N) is 2. The largest absolute Gasteiger partial charge is 0.331 e. The quantitative estimate of drug-likeness (QED) is 0.783. The van der Waals surface area contributed by atoms with Gasteiger partial charge < -0.3 is 9.80 Å². The van der Waals surface area contributed by atoms with Gasteiger partial charge in [0.05, 0.1) is 6.54 Å². The minimum Gasteiger partial charge on any atom is -0.331 e. The minimum absolute atomic E-state index is 0.0256. The molecule has 2 rings (SSSR count). The molecule has 0 unspecified atom stereocenters. The Morgan fingerprint density at radius 3 is 2.55 bits per heavy atom. The van der Waals surface area contributed by atoms with E-state index in [9.17, 15) is 9.59 Å². The maximum atomic E-state index is 12.5. The van der Waals surface area contributed by atoms with Crippen molar-refractivity contribution < 1.29 is 9.59 Å². The molecule has 1 aromatic rings. The smallest absolute Gasteiger partial charge is 0.245 e. The second-order valence-electron chi connectivity index (χ2n) is 6.00. The van der Waals surface area contributed by atoms with Crippen molar-refractivity contribution in [3.63, 3.8) is 0 Å². The molecule has 1 aliphatic heterocycles. The molecule has 2 amide bonds. The van der Waals surface area contributed by atoms with E-state index in [1.165, 1.54) is 5.56 Å². The summed E-state index contributed by atoms with van der Waals surface area (Å²) in [6.45, 7) is 7.09. The lowest BCUT2D eigenvalue weighted by atomic mass is 10.1. The maximum Gasteiger partial charge on any atom is 0.245 e. The summed E-state index contributed by atoms with van der Waals surface area (Å²) in [7, 11) is 0. The zero-order valence-electron chi connectivity index (χ0n) is 13.6. The Labute approximate surface area is 132 Å². The molecule has 1 saturated heterocycles. The molecule has 118 valence electrons. The third kappa shape index (κ3) is 3.97. The highest BCUT2D eigenvalue weighted by molar-refractivity contribution is 5.94. The average Bonchev–Trinajstić information content (AvgIpc) is 2.50. The maximum absolute atomic E-state index is 12.5. The van der Waals surface area contributed by atoms with E-state index in [4.69, 9.17) is 0 Å². The van der Waals surface area contributed by atoms with Crippen LogP contribution >= 0.6 is 0 Å². The first kappa shape index (κ1) is 16.3. The van der Waals surface area contributed by atoms with Gasteiger partial charge in [-0.25, -0.2) is 0 Å². The second kappa shape index (κ2) is 7.25. The Morgan fingerprint density at radius 2 is 1.91 bits per heavy atom. The molecule has 1 atom stereocenters. The number of allylic oxidation sites excluding steroid dienone is 1. The van der Waals surface area contributed by atoms with Gasteiger partial charge in [-0.2, -0.15) is 0 Å². The highest BCUT2D eigenvalue weighted by Crippen LogP contribution is 2.14. The normalized spacial score (nSPS) is 18.6. The molecule has 4 nitrogen and oxygen atoms in total. The number of benzene rings is 1. The van der Waals surface area contributed by atoms with E-state index in [0.29, 0.717) is 13.1 Å². The van der Waals surface area contributed by atoms with Crippen molar-refractivity contribution in [1.29, 1.82) is 0 Å². The van der Waals surface area contributed by atoms with Gasteiger partial charge in [0.25, 0.3) is 0 Å². The Morgan fingerprint density at radius 1 is 1.23 bits per heavy atom. The number of piperazine rings is 1. The molecule has 0 spiro atoms. The van der Waals surface area contributed by atoms with Crippen LogP contribution in [0.15, 0.2) is 42.0 Å². The van der Waals surface area contributed by atoms with Crippen LogP contribution in [0.2, 0.25) is 0 Å². The van der Waals surface area contributed by atoms with E-state index in [1.54, 1.807) is 9.80 Å². The fourth-order valence-electron chi connectivity index (χ4n) is 2.58. The van der Waals surface area contributed by atoms with Gasteiger partial charge in [0, 0.05) is 13.1 Å². The molecule has 1 aliphatic rings. The highest BCUT2D eigenvalue weighted by Gasteiger charge is 2.35. The van der Waals surface area contributed by atoms with Gasteiger partial charge in [0.2, 0.25) is 11.8 Å². The van der Waals surface area contributed by atoms with Gasteiger partial charge in [-0.1, -0.05) is 42.0 Å². The summed E-state index contributed by atoms with van der Waals surface area (Å²) in [6.07, 6.45) is 2.77. The number of carbonyl (C=O) groups excluding carboxylic acids is 2. The summed E-state index contributed by atoms with van der Waals surface area (Å²) >= 11 is 0. The second-order valence-corrected chi connectivity index (χ2v) is 6.00. The van der Waals surface area contributed by atoms with Gasteiger partial charge in [-0.05, 0) is 32.8 Å². The molecule has 0 radical (unpaired) electrons. The molecular weight excluding hydrogens is 276 g/mol. The number of carbonyl (C=O) groups is 2. The van der Waals surface area contributed by atoms with Crippen LogP contribution in [0, 0.1) is 0 Å². The van der Waals surface area contributed by atoms with Crippen molar-refractivity contribution in [2.24, 2.45) is 0 Å². The van der Waals surface area contributed by atoms with Crippen LogP contribution in [0.5, 0.6) is 0 Å². The molecule has 0 N–H and O–H groups in total. The standard InChI is InChI=1S/C18H24N2O2/c1-14(2)9-12-20-15(3)18(22)19(13-17(20)21)11-10-16-7-5-4-6-8-16/h4-9,15H,10-13H2,1-3H3/t15-/m1/s1. The third-order valence-corrected chi connectivity index (χ3v) is 3.99. The lowest BCUT2D eigenvalue weighted by Crippen LogP contribution is -2.59. The number of hydrogen-bond acceptors (Lipinski definition) is 2. The molecule has 0 aromatic heterocycles. The van der Waals surface area contributed by atoms with Crippen LogP contribution in [-0.2, 0) is 16.0 Å². The van der Waals surface area contributed by atoms with Crippen LogP contribution in [0.4, 0.5) is 0 Å². The zero-order chi connectivity index (χ0) is 16.1. The molecule has 4 heteroatoms. The van der Waals surface area contributed by atoms with E-state index >= 15 is 0 Å². The monoisotopic (exact) mass is 300 g/mol. The fraction of sp³-hybridized carbons (Fsp3) is 0.444. The SMILES string of the molecule is CC(C)=CCN1C(=O)CN(CCc2ccccc2)C(=O)[C@H]1C. The van der Waals surface area contributed by atoms with E-state index in [2.05, 4.69) is 0 Å². The lowest BCUT2D eigenvalue weighted by molar-refractivity contribution is -0.154. The number of rotatable bonds is 5. The number of hydrogen-bond donors (Lipinski definition) is 0. The Bertz CT molecular complexity index is 562. The summed E-state index contributed by atoms with van der Waals surface area (Å²) in [5.41, 5.74) is 2.33. The first-order valence-electron chi connectivity index (χ1n) is 7.74. The van der Waals surface area contributed by atoms with Gasteiger partial charge in [0.1, 0.15) is 6.04 Å². The predicted molar refractivity (Wildman–Crippen MR) is 87.3 cm³/mol. The first-order chi connectivity index (χ1) is 10.5. The molecular formula is C18H24N2O2. The van der Waals surface area contributed by atoms with Crippen molar-refractivity contribution in [2.45, 2.75) is 33.2 Å². The average molecular weight is 300 g/mol. The van der Waals surface area contributed by atoms with Crippen LogP contribution in [0.1, 0.15) is 26.3 Å². The summed E-state index contributed by atoms with van der Waals surface area (Å²) in [6, 6.07) is 9.65. The zero-order valence-corrected chi connectivity index (χ0v) is 13.6. The Balaban J connectivity index is 1.97. The Hall–Kier alpha value is -2.10. The number of amides is 2. The van der Waals surface area contributed by atoms with Gasteiger partial charge in [-0.15, -0.1) is 0 Å². The molecule has 0 aliphatic carbocycles. The minimum atomic E-state index is -0.382. The first-order valence-corrected chi connectivity index (χ1v) is 7.74. The molecule has 1 heterocycles. The Kier molecular flexibility index (Phi) is 5.36. The van der Waals surface area contributed by atoms with E-state index in [1.807, 2.05) is 57.2 Å². The topological polar surface area (TPSA) is 40.6 Å². The van der Waals surface area contributed by atoms with Crippen molar-refractivity contribution in [3.05, 3.63) is 47.5 Å². The van der Waals surface area contributed by atoms with Crippen LogP contribution in [-0.4, -0.2) is 47.3 Å². The van der Waals surface area contributed by atoms with Crippen molar-refractivity contribution >= 4 is 11.8 Å². The predicted octanol–water partition coefficient (Wildman–Crippen LogP) is 2.25. The van der Waals surface area contributed by atoms with Gasteiger partial charge in [-0.3, -0.25) is 9.59 Å².